The summed E-state index contributed by atoms with van der Waals surface area (Å²) in [6.07, 6.45) is -0.814. The summed E-state index contributed by atoms with van der Waals surface area (Å²) in [4.78, 5) is 1.95. The van der Waals surface area contributed by atoms with Crippen molar-refractivity contribution in [2.45, 2.75) is 19.6 Å². The molecule has 1 heterocycles. The highest BCUT2D eigenvalue weighted by Gasteiger charge is 2.16. The maximum Gasteiger partial charge on any atom is 0.131 e. The lowest BCUT2D eigenvalue weighted by atomic mass is 10.1. The Balaban J connectivity index is 2.29. The van der Waals surface area contributed by atoms with Crippen molar-refractivity contribution in [1.82, 2.24) is 0 Å². The van der Waals surface area contributed by atoms with E-state index in [1.807, 2.05) is 29.5 Å². The largest absolute Gasteiger partial charge is 0.389 e. The molecule has 0 aliphatic carbocycles. The van der Waals surface area contributed by atoms with E-state index in [0.717, 1.165) is 5.69 Å². The van der Waals surface area contributed by atoms with Crippen molar-refractivity contribution in [2.75, 3.05) is 11.9 Å². The molecule has 0 unspecified atom stereocenters. The number of benzene rings is 1. The van der Waals surface area contributed by atoms with E-state index < -0.39 is 6.10 Å². The average Bonchev–Trinajstić information content (AvgIpc) is 2.80. The molecule has 0 amide bonds. The molecule has 0 radical (unpaired) electrons. The van der Waals surface area contributed by atoms with Crippen LogP contribution in [-0.4, -0.2) is 12.2 Å². The zero-order valence-electron chi connectivity index (χ0n) is 10.4. The first kappa shape index (κ1) is 13.1. The van der Waals surface area contributed by atoms with Crippen molar-refractivity contribution < 1.29 is 9.50 Å². The van der Waals surface area contributed by atoms with Crippen LogP contribution in [0.5, 0.6) is 0 Å². The van der Waals surface area contributed by atoms with Crippen LogP contribution >= 0.6 is 11.3 Å². The number of hydrogen-bond acceptors (Lipinski definition) is 3. The highest BCUT2D eigenvalue weighted by atomic mass is 32.1. The first-order valence-corrected chi connectivity index (χ1v) is 6.72. The third kappa shape index (κ3) is 2.71. The summed E-state index contributed by atoms with van der Waals surface area (Å²) < 4.78 is 13.8. The van der Waals surface area contributed by atoms with Crippen LogP contribution in [0.1, 0.15) is 24.2 Å². The van der Waals surface area contributed by atoms with Gasteiger partial charge in [0.2, 0.25) is 0 Å². The van der Waals surface area contributed by atoms with Gasteiger partial charge in [-0.25, -0.2) is 4.39 Å². The van der Waals surface area contributed by atoms with Gasteiger partial charge in [0, 0.05) is 24.8 Å². The number of thiophene rings is 1. The van der Waals surface area contributed by atoms with Gasteiger partial charge < -0.3 is 10.0 Å². The summed E-state index contributed by atoms with van der Waals surface area (Å²) in [5, 5.41) is 13.8. The van der Waals surface area contributed by atoms with Gasteiger partial charge in [0.15, 0.2) is 0 Å². The van der Waals surface area contributed by atoms with Crippen LogP contribution in [-0.2, 0) is 6.54 Å². The lowest BCUT2D eigenvalue weighted by Crippen LogP contribution is -2.19. The molecule has 0 spiro atoms. The quantitative estimate of drug-likeness (QED) is 0.913. The van der Waals surface area contributed by atoms with Gasteiger partial charge in [-0.3, -0.25) is 0 Å². The molecular formula is C14H16FNOS. The minimum Gasteiger partial charge on any atom is -0.389 e. The normalized spacial score (nSPS) is 12.4. The number of anilines is 1. The Bertz CT molecular complexity index is 511. The Morgan fingerprint density at radius 3 is 2.78 bits per heavy atom. The Labute approximate surface area is 110 Å². The van der Waals surface area contributed by atoms with Crippen LogP contribution < -0.4 is 4.90 Å². The second-order valence-corrected chi connectivity index (χ2v) is 5.12. The zero-order valence-corrected chi connectivity index (χ0v) is 11.2. The summed E-state index contributed by atoms with van der Waals surface area (Å²) in [5.74, 6) is -0.361. The number of hydrogen-bond donors (Lipinski definition) is 1. The molecule has 2 aromatic rings. The smallest absolute Gasteiger partial charge is 0.131 e. The van der Waals surface area contributed by atoms with E-state index in [0.29, 0.717) is 12.1 Å². The number of aliphatic hydroxyl groups excluding tert-OH is 1. The molecule has 0 bridgehead atoms. The molecule has 4 heteroatoms. The Hall–Kier alpha value is -1.39. The lowest BCUT2D eigenvalue weighted by molar-refractivity contribution is 0.194. The summed E-state index contributed by atoms with van der Waals surface area (Å²) in [7, 11) is 1.90. The van der Waals surface area contributed by atoms with Crippen molar-refractivity contribution >= 4 is 17.0 Å². The highest BCUT2D eigenvalue weighted by molar-refractivity contribution is 7.07. The van der Waals surface area contributed by atoms with Crippen LogP contribution in [0.2, 0.25) is 0 Å². The topological polar surface area (TPSA) is 23.5 Å². The number of nitrogens with zero attached hydrogens (tertiary/aromatic N) is 1. The first-order valence-electron chi connectivity index (χ1n) is 5.78. The summed E-state index contributed by atoms with van der Waals surface area (Å²) >= 11 is 1.64. The molecule has 2 rings (SSSR count). The minimum atomic E-state index is -0.814. The van der Waals surface area contributed by atoms with Crippen LogP contribution in [0, 0.1) is 5.82 Å². The maximum atomic E-state index is 13.8. The molecule has 0 aliphatic heterocycles. The Morgan fingerprint density at radius 1 is 1.39 bits per heavy atom. The molecule has 1 N–H and O–H groups in total. The van der Waals surface area contributed by atoms with Gasteiger partial charge in [-0.05, 0) is 41.4 Å². The second-order valence-electron chi connectivity index (χ2n) is 4.34. The zero-order chi connectivity index (χ0) is 13.1. The number of aliphatic hydroxyl groups is 1. The SMILES string of the molecule is C[C@H](O)c1c(F)cccc1N(C)Cc1ccsc1. The fourth-order valence-electron chi connectivity index (χ4n) is 2.01. The van der Waals surface area contributed by atoms with Gasteiger partial charge in [0.05, 0.1) is 6.10 Å². The molecule has 1 atom stereocenters. The molecule has 96 valence electrons. The molecule has 2 nitrogen and oxygen atoms in total. The Kier molecular flexibility index (Phi) is 3.99. The minimum absolute atomic E-state index is 0.357. The predicted molar refractivity (Wildman–Crippen MR) is 73.5 cm³/mol. The van der Waals surface area contributed by atoms with E-state index >= 15 is 0 Å². The van der Waals surface area contributed by atoms with Gasteiger partial charge in [-0.15, -0.1) is 0 Å². The van der Waals surface area contributed by atoms with E-state index in [9.17, 15) is 9.50 Å². The molecular weight excluding hydrogens is 249 g/mol. The van der Waals surface area contributed by atoms with Crippen LogP contribution in [0.4, 0.5) is 10.1 Å². The number of halogens is 1. The summed E-state index contributed by atoms with van der Waals surface area (Å²) in [6, 6.07) is 6.92. The maximum absolute atomic E-state index is 13.8. The fraction of sp³-hybridized carbons (Fsp3) is 0.286. The lowest BCUT2D eigenvalue weighted by Gasteiger charge is -2.23. The molecule has 1 aromatic carbocycles. The predicted octanol–water partition coefficient (Wildman–Crippen LogP) is 3.58. The van der Waals surface area contributed by atoms with Gasteiger partial charge in [0.25, 0.3) is 0 Å². The van der Waals surface area contributed by atoms with E-state index in [1.54, 1.807) is 24.3 Å². The van der Waals surface area contributed by atoms with E-state index in [4.69, 9.17) is 0 Å². The van der Waals surface area contributed by atoms with E-state index in [2.05, 4.69) is 5.38 Å². The van der Waals surface area contributed by atoms with Crippen molar-refractivity contribution in [1.29, 1.82) is 0 Å². The molecule has 0 aliphatic rings. The van der Waals surface area contributed by atoms with E-state index in [1.165, 1.54) is 11.6 Å². The van der Waals surface area contributed by atoms with Gasteiger partial charge in [-0.2, -0.15) is 11.3 Å². The van der Waals surface area contributed by atoms with E-state index in [-0.39, 0.29) is 5.82 Å². The highest BCUT2D eigenvalue weighted by Crippen LogP contribution is 2.29. The van der Waals surface area contributed by atoms with Crippen molar-refractivity contribution in [3.05, 3.63) is 52.0 Å². The molecule has 1 aromatic heterocycles. The van der Waals surface area contributed by atoms with Gasteiger partial charge >= 0.3 is 0 Å². The first-order chi connectivity index (χ1) is 8.59. The third-order valence-electron chi connectivity index (χ3n) is 2.86. The number of rotatable bonds is 4. The van der Waals surface area contributed by atoms with Gasteiger partial charge in [0.1, 0.15) is 5.82 Å². The van der Waals surface area contributed by atoms with Gasteiger partial charge in [-0.1, -0.05) is 6.07 Å². The molecule has 0 fully saturated rings. The Morgan fingerprint density at radius 2 is 2.17 bits per heavy atom. The van der Waals surface area contributed by atoms with Crippen molar-refractivity contribution in [2.24, 2.45) is 0 Å². The second kappa shape index (κ2) is 5.50. The van der Waals surface area contributed by atoms with Crippen molar-refractivity contribution in [3.8, 4) is 0 Å². The average molecular weight is 265 g/mol. The standard InChI is InChI=1S/C14H16FNOS/c1-10(17)14-12(15)4-3-5-13(14)16(2)8-11-6-7-18-9-11/h3-7,9-10,17H,8H2,1-2H3/t10-/m0/s1. The summed E-state index contributed by atoms with van der Waals surface area (Å²) in [5.41, 5.74) is 2.27. The summed E-state index contributed by atoms with van der Waals surface area (Å²) in [6.45, 7) is 2.28. The van der Waals surface area contributed by atoms with Crippen LogP contribution in [0.25, 0.3) is 0 Å². The monoisotopic (exact) mass is 265 g/mol. The third-order valence-corrected chi connectivity index (χ3v) is 3.59. The van der Waals surface area contributed by atoms with Crippen molar-refractivity contribution in [3.63, 3.8) is 0 Å². The fourth-order valence-corrected chi connectivity index (χ4v) is 2.67. The van der Waals surface area contributed by atoms with Crippen LogP contribution in [0.3, 0.4) is 0 Å². The molecule has 0 saturated carbocycles. The molecule has 0 saturated heterocycles. The molecule has 18 heavy (non-hydrogen) atoms. The van der Waals surface area contributed by atoms with Crippen LogP contribution in [0.15, 0.2) is 35.0 Å².